The van der Waals surface area contributed by atoms with Crippen LogP contribution in [-0.4, -0.2) is 64.1 Å². The van der Waals surface area contributed by atoms with E-state index in [1.165, 1.54) is 19.1 Å². The number of hydrogen-bond acceptors (Lipinski definition) is 8. The van der Waals surface area contributed by atoms with Gasteiger partial charge in [-0.05, 0) is 62.0 Å². The molecule has 208 valence electrons. The lowest BCUT2D eigenvalue weighted by molar-refractivity contribution is -0.223. The van der Waals surface area contributed by atoms with E-state index in [4.69, 9.17) is 26.4 Å². The summed E-state index contributed by atoms with van der Waals surface area (Å²) in [6.45, 7) is 6.96. The first-order chi connectivity index (χ1) is 17.8. The number of carbonyl (C=O) groups is 3. The van der Waals surface area contributed by atoms with Crippen LogP contribution in [0.1, 0.15) is 59.8 Å². The maximum atomic E-state index is 17.5. The number of fused-ring (bicyclic) bond motifs is 5. The van der Waals surface area contributed by atoms with Gasteiger partial charge in [0.15, 0.2) is 23.2 Å². The molecule has 0 aromatic carbocycles. The number of ketones is 1. The molecule has 1 heterocycles. The van der Waals surface area contributed by atoms with Gasteiger partial charge in [0.25, 0.3) is 0 Å². The number of halogens is 2. The summed E-state index contributed by atoms with van der Waals surface area (Å²) in [6, 6.07) is 0. The van der Waals surface area contributed by atoms with E-state index in [-0.39, 0.29) is 42.9 Å². The third-order valence-electron chi connectivity index (χ3n) is 10.2. The number of allylic oxidation sites excluding steroid dienone is 4. The Labute approximate surface area is 225 Å². The molecule has 3 saturated carbocycles. The van der Waals surface area contributed by atoms with Crippen molar-refractivity contribution in [3.8, 4) is 0 Å². The number of cyclic esters (lactones) is 1. The van der Waals surface area contributed by atoms with Crippen LogP contribution in [0.2, 0.25) is 0 Å². The molecule has 1 aliphatic heterocycles. The van der Waals surface area contributed by atoms with Crippen molar-refractivity contribution in [1.29, 1.82) is 0 Å². The van der Waals surface area contributed by atoms with Crippen molar-refractivity contribution in [1.82, 2.24) is 0 Å². The normalized spacial score (nSPS) is 47.4. The second kappa shape index (κ2) is 8.91. The Hall–Kier alpha value is -2.20. The molecule has 5 aliphatic rings. The molecule has 4 fully saturated rings. The first-order valence-corrected chi connectivity index (χ1v) is 13.7. The Bertz CT molecular complexity index is 1150. The lowest BCUT2D eigenvalue weighted by Crippen LogP contribution is -2.71. The molecule has 0 amide bonds. The maximum Gasteiger partial charge on any atom is 0.347 e. The van der Waals surface area contributed by atoms with E-state index >= 15 is 8.78 Å². The van der Waals surface area contributed by atoms with E-state index in [0.717, 1.165) is 6.08 Å². The number of rotatable bonds is 4. The highest BCUT2D eigenvalue weighted by molar-refractivity contribution is 7.80. The van der Waals surface area contributed by atoms with Gasteiger partial charge in [-0.25, -0.2) is 13.6 Å². The van der Waals surface area contributed by atoms with Gasteiger partial charge in [-0.15, -0.1) is 0 Å². The largest absolute Gasteiger partial charge is 0.468 e. The van der Waals surface area contributed by atoms with Crippen molar-refractivity contribution in [2.24, 2.45) is 28.6 Å². The van der Waals surface area contributed by atoms with Crippen LogP contribution in [-0.2, 0) is 28.6 Å². The van der Waals surface area contributed by atoms with Crippen LogP contribution in [0.3, 0.4) is 0 Å². The smallest absolute Gasteiger partial charge is 0.347 e. The summed E-state index contributed by atoms with van der Waals surface area (Å²) in [5.41, 5.74) is -6.44. The minimum absolute atomic E-state index is 0.0414. The van der Waals surface area contributed by atoms with Crippen LogP contribution >= 0.6 is 12.2 Å². The van der Waals surface area contributed by atoms with Crippen LogP contribution < -0.4 is 0 Å². The van der Waals surface area contributed by atoms with E-state index in [2.05, 4.69) is 0 Å². The summed E-state index contributed by atoms with van der Waals surface area (Å²) < 4.78 is 50.3. The molecule has 0 aromatic rings. The highest BCUT2D eigenvalue weighted by Gasteiger charge is 2.78. The lowest BCUT2D eigenvalue weighted by atomic mass is 9.44. The quantitative estimate of drug-likeness (QED) is 0.414. The van der Waals surface area contributed by atoms with E-state index in [1.807, 2.05) is 6.92 Å². The van der Waals surface area contributed by atoms with Gasteiger partial charge < -0.3 is 19.3 Å². The molecule has 0 bridgehead atoms. The van der Waals surface area contributed by atoms with Gasteiger partial charge in [-0.3, -0.25) is 9.59 Å². The third-order valence-corrected chi connectivity index (χ3v) is 10.6. The van der Waals surface area contributed by atoms with Gasteiger partial charge >= 0.3 is 11.9 Å². The predicted molar refractivity (Wildman–Crippen MR) is 135 cm³/mol. The van der Waals surface area contributed by atoms with E-state index in [9.17, 15) is 19.5 Å². The van der Waals surface area contributed by atoms with E-state index in [0.29, 0.717) is 6.42 Å². The number of ether oxygens (including phenoxy) is 3. The molecular formula is C28H34F2O7S. The summed E-state index contributed by atoms with van der Waals surface area (Å²) in [7, 11) is 0. The monoisotopic (exact) mass is 552 g/mol. The molecule has 0 radical (unpaired) electrons. The van der Waals surface area contributed by atoms with Gasteiger partial charge in [-0.1, -0.05) is 26.8 Å². The molecule has 0 spiro atoms. The summed E-state index contributed by atoms with van der Waals surface area (Å²) in [5.74, 6) is -3.51. The SMILES string of the molecule is CCC(=O)OC1(C(=S)O[C@H]2CCOC2=O)C(C)C[C@H]2[C@@H]3CC(F)C4=CC(=O)C=C[C@]4(C)[C@]3(F)C(O)C[C@@]21C. The first kappa shape index (κ1) is 27.4. The van der Waals surface area contributed by atoms with Crippen LogP contribution in [0.15, 0.2) is 23.8 Å². The van der Waals surface area contributed by atoms with Crippen molar-refractivity contribution in [2.45, 2.75) is 89.4 Å². The molecule has 7 nitrogen and oxygen atoms in total. The number of hydrogen-bond donors (Lipinski definition) is 1. The van der Waals surface area contributed by atoms with Crippen molar-refractivity contribution >= 4 is 35.0 Å². The molecule has 10 atom stereocenters. The van der Waals surface area contributed by atoms with Crippen LogP contribution in [0.4, 0.5) is 8.78 Å². The van der Waals surface area contributed by atoms with Crippen molar-refractivity contribution in [3.63, 3.8) is 0 Å². The minimum atomic E-state index is -2.27. The Morgan fingerprint density at radius 1 is 1.26 bits per heavy atom. The molecule has 1 saturated heterocycles. The Morgan fingerprint density at radius 2 is 1.97 bits per heavy atom. The van der Waals surface area contributed by atoms with E-state index in [1.54, 1.807) is 13.8 Å². The number of carbonyl (C=O) groups excluding carboxylic acids is 3. The summed E-state index contributed by atoms with van der Waals surface area (Å²) in [6.07, 6.45) is -0.0799. The zero-order valence-corrected chi connectivity index (χ0v) is 22.8. The van der Waals surface area contributed by atoms with Gasteiger partial charge in [0, 0.05) is 35.5 Å². The van der Waals surface area contributed by atoms with E-state index < -0.39 is 76.0 Å². The first-order valence-electron chi connectivity index (χ1n) is 13.3. The minimum Gasteiger partial charge on any atom is -0.468 e. The second-order valence-corrected chi connectivity index (χ2v) is 12.3. The standard InChI is InChI=1S/C28H34F2O7S/c1-5-22(33)37-28(24(38)36-20-7-9-35-23(20)34)14(2)10-16-17-12-19(29)18-11-15(31)6-8-25(18,3)27(17,30)21(32)13-26(16,28)4/h6,8,11,14,16-17,19-21,32H,5,7,9-10,12-13H2,1-4H3/t14?,16-,17-,19?,20-,21?,25-,26-,27+,28?/m0/s1. The average molecular weight is 553 g/mol. The Kier molecular flexibility index (Phi) is 6.42. The van der Waals surface area contributed by atoms with Crippen LogP contribution in [0, 0.1) is 28.6 Å². The summed E-state index contributed by atoms with van der Waals surface area (Å²) in [5, 5.41) is 11.5. The molecule has 5 rings (SSSR count). The van der Waals surface area contributed by atoms with Gasteiger partial charge in [0.1, 0.15) is 6.17 Å². The molecule has 38 heavy (non-hydrogen) atoms. The van der Waals surface area contributed by atoms with Crippen molar-refractivity contribution in [3.05, 3.63) is 23.8 Å². The average Bonchev–Trinajstić information content (AvgIpc) is 3.35. The molecular weight excluding hydrogens is 518 g/mol. The maximum absolute atomic E-state index is 17.5. The number of aliphatic hydroxyl groups excluding tert-OH is 1. The fourth-order valence-electron chi connectivity index (χ4n) is 8.27. The number of thiocarbonyl (C=S) groups is 1. The molecule has 10 heteroatoms. The van der Waals surface area contributed by atoms with Crippen LogP contribution in [0.25, 0.3) is 0 Å². The highest BCUT2D eigenvalue weighted by Crippen LogP contribution is 2.71. The Morgan fingerprint density at radius 3 is 2.61 bits per heavy atom. The van der Waals surface area contributed by atoms with Gasteiger partial charge in [-0.2, -0.15) is 0 Å². The fraction of sp³-hybridized carbons (Fsp3) is 0.714. The second-order valence-electron chi connectivity index (χ2n) is 11.9. The zero-order valence-electron chi connectivity index (χ0n) is 22.0. The molecule has 0 aromatic heterocycles. The molecule has 1 N–H and O–H groups in total. The highest BCUT2D eigenvalue weighted by atomic mass is 32.1. The van der Waals surface area contributed by atoms with Gasteiger partial charge in [0.05, 0.1) is 12.7 Å². The molecule has 4 unspecified atom stereocenters. The lowest BCUT2D eigenvalue weighted by Gasteiger charge is -2.63. The summed E-state index contributed by atoms with van der Waals surface area (Å²) >= 11 is 5.75. The topological polar surface area (TPSA) is 99.1 Å². The number of esters is 2. The predicted octanol–water partition coefficient (Wildman–Crippen LogP) is 3.90. The zero-order chi connectivity index (χ0) is 27.8. The van der Waals surface area contributed by atoms with Crippen molar-refractivity contribution in [2.75, 3.05) is 6.61 Å². The third kappa shape index (κ3) is 3.37. The fourth-order valence-corrected chi connectivity index (χ4v) is 8.86. The summed E-state index contributed by atoms with van der Waals surface area (Å²) in [4.78, 5) is 37.1. The van der Waals surface area contributed by atoms with Crippen LogP contribution in [0.5, 0.6) is 0 Å². The number of alkyl halides is 2. The number of aliphatic hydroxyl groups is 1. The van der Waals surface area contributed by atoms with Gasteiger partial charge in [0.2, 0.25) is 5.05 Å². The Balaban J connectivity index is 1.61. The van der Waals surface area contributed by atoms with Crippen molar-refractivity contribution < 1.29 is 42.5 Å². The molecule has 4 aliphatic carbocycles.